The van der Waals surface area contributed by atoms with Gasteiger partial charge in [0.05, 0.1) is 6.07 Å². The molecule has 2 atom stereocenters. The molecular weight excluding hydrogens is 320 g/mol. The van der Waals surface area contributed by atoms with Gasteiger partial charge >= 0.3 is 0 Å². The monoisotopic (exact) mass is 332 g/mol. The lowest BCUT2D eigenvalue weighted by Gasteiger charge is -2.31. The number of hydrogen-bond acceptors (Lipinski definition) is 3. The molecule has 0 saturated carbocycles. The molecule has 1 aliphatic rings. The van der Waals surface area contributed by atoms with Crippen molar-refractivity contribution in [3.05, 3.63) is 76.8 Å². The van der Waals surface area contributed by atoms with Gasteiger partial charge in [-0.05, 0) is 23.1 Å². The minimum absolute atomic E-state index is 0.0219. The quantitative estimate of drug-likeness (QED) is 0.671. The van der Waals surface area contributed by atoms with Gasteiger partial charge in [-0.15, -0.1) is 0 Å². The number of rotatable bonds is 1. The zero-order chi connectivity index (χ0) is 16.7. The van der Waals surface area contributed by atoms with E-state index in [1.54, 1.807) is 6.07 Å². The molecule has 0 fully saturated rings. The molecule has 0 aliphatic carbocycles. The molecule has 0 radical (unpaired) electrons. The van der Waals surface area contributed by atoms with Crippen LogP contribution in [0.4, 0.5) is 0 Å². The van der Waals surface area contributed by atoms with Crippen molar-refractivity contribution in [3.63, 3.8) is 0 Å². The zero-order valence-corrected chi connectivity index (χ0v) is 13.4. The van der Waals surface area contributed by atoms with Crippen LogP contribution in [0, 0.1) is 22.7 Å². The summed E-state index contributed by atoms with van der Waals surface area (Å²) in [7, 11) is 0. The minimum Gasteiger partial charge on any atom is -0.441 e. The molecule has 3 aromatic rings. The summed E-state index contributed by atoms with van der Waals surface area (Å²) in [6.45, 7) is 0. The first kappa shape index (κ1) is 14.7. The third-order valence-electron chi connectivity index (χ3n) is 4.42. The molecule has 3 aromatic carbocycles. The third kappa shape index (κ3) is 2.24. The summed E-state index contributed by atoms with van der Waals surface area (Å²) in [6, 6.07) is 21.6. The first-order valence-electron chi connectivity index (χ1n) is 7.62. The highest BCUT2D eigenvalue weighted by Crippen LogP contribution is 2.45. The van der Waals surface area contributed by atoms with Crippen molar-refractivity contribution in [1.82, 2.24) is 0 Å². The third-order valence-corrected chi connectivity index (χ3v) is 4.65. The molecule has 0 aromatic heterocycles. The van der Waals surface area contributed by atoms with E-state index in [9.17, 15) is 5.26 Å². The van der Waals surface area contributed by atoms with Crippen LogP contribution in [-0.4, -0.2) is 5.90 Å². The standard InChI is InChI=1S/C20H13ClN2O/c21-14-6-3-5-13(10-14)18-16-9-8-12-4-1-2-7-15(12)19(16)24-20(23)17(18)11-22/h1-10,17-18,23H. The summed E-state index contributed by atoms with van der Waals surface area (Å²) in [6.07, 6.45) is 0. The first-order chi connectivity index (χ1) is 11.7. The summed E-state index contributed by atoms with van der Waals surface area (Å²) in [5, 5.41) is 20.4. The molecule has 0 amide bonds. The van der Waals surface area contributed by atoms with Gasteiger partial charge in [0.1, 0.15) is 11.7 Å². The molecule has 3 nitrogen and oxygen atoms in total. The maximum atomic E-state index is 9.60. The van der Waals surface area contributed by atoms with Crippen LogP contribution in [0.1, 0.15) is 17.0 Å². The summed E-state index contributed by atoms with van der Waals surface area (Å²) in [5.41, 5.74) is 1.83. The van der Waals surface area contributed by atoms with E-state index in [1.165, 1.54) is 0 Å². The van der Waals surface area contributed by atoms with E-state index in [1.807, 2.05) is 54.6 Å². The molecule has 1 heterocycles. The van der Waals surface area contributed by atoms with E-state index in [2.05, 4.69) is 6.07 Å². The highest BCUT2D eigenvalue weighted by atomic mass is 35.5. The number of hydrogen-bond donors (Lipinski definition) is 1. The Bertz CT molecular complexity index is 1010. The minimum atomic E-state index is -0.669. The second kappa shape index (κ2) is 5.67. The average molecular weight is 333 g/mol. The fraction of sp³-hybridized carbons (Fsp3) is 0.100. The molecule has 0 saturated heterocycles. The van der Waals surface area contributed by atoms with E-state index in [0.29, 0.717) is 10.8 Å². The van der Waals surface area contributed by atoms with Gasteiger partial charge in [0.15, 0.2) is 0 Å². The van der Waals surface area contributed by atoms with Gasteiger partial charge in [-0.1, -0.05) is 60.1 Å². The number of nitriles is 1. The van der Waals surface area contributed by atoms with E-state index in [0.717, 1.165) is 21.9 Å². The molecule has 2 unspecified atom stereocenters. The molecule has 24 heavy (non-hydrogen) atoms. The van der Waals surface area contributed by atoms with Crippen LogP contribution in [0.25, 0.3) is 10.8 Å². The van der Waals surface area contributed by atoms with E-state index >= 15 is 0 Å². The number of fused-ring (bicyclic) bond motifs is 3. The van der Waals surface area contributed by atoms with E-state index < -0.39 is 5.92 Å². The summed E-state index contributed by atoms with van der Waals surface area (Å²) in [4.78, 5) is 0. The van der Waals surface area contributed by atoms with Gasteiger partial charge < -0.3 is 4.74 Å². The van der Waals surface area contributed by atoms with Gasteiger partial charge in [-0.3, -0.25) is 5.41 Å². The predicted molar refractivity (Wildman–Crippen MR) is 94.7 cm³/mol. The predicted octanol–water partition coefficient (Wildman–Crippen LogP) is 5.13. The average Bonchev–Trinajstić information content (AvgIpc) is 2.60. The molecule has 0 spiro atoms. The van der Waals surface area contributed by atoms with E-state index in [4.69, 9.17) is 21.7 Å². The molecule has 116 valence electrons. The fourth-order valence-electron chi connectivity index (χ4n) is 3.33. The number of halogens is 1. The normalized spacial score (nSPS) is 19.4. The lowest BCUT2D eigenvalue weighted by Crippen LogP contribution is -2.31. The van der Waals surface area contributed by atoms with Gasteiger partial charge in [0.2, 0.25) is 5.90 Å². The zero-order valence-electron chi connectivity index (χ0n) is 12.7. The lowest BCUT2D eigenvalue weighted by atomic mass is 9.78. The second-order valence-corrected chi connectivity index (χ2v) is 6.25. The van der Waals surface area contributed by atoms with Gasteiger partial charge in [0.25, 0.3) is 0 Å². The van der Waals surface area contributed by atoms with E-state index in [-0.39, 0.29) is 11.8 Å². The molecule has 1 aliphatic heterocycles. The summed E-state index contributed by atoms with van der Waals surface area (Å²) < 4.78 is 5.76. The maximum absolute atomic E-state index is 9.60. The number of ether oxygens (including phenoxy) is 1. The molecule has 0 bridgehead atoms. The number of benzene rings is 3. The highest BCUT2D eigenvalue weighted by Gasteiger charge is 2.37. The van der Waals surface area contributed by atoms with Gasteiger partial charge in [0, 0.05) is 21.9 Å². The van der Waals surface area contributed by atoms with Crippen molar-refractivity contribution in [2.75, 3.05) is 0 Å². The van der Waals surface area contributed by atoms with Crippen LogP contribution in [-0.2, 0) is 0 Å². The van der Waals surface area contributed by atoms with Crippen LogP contribution in [0.2, 0.25) is 5.02 Å². The largest absolute Gasteiger partial charge is 0.441 e. The SMILES string of the molecule is N#CC1C(=N)Oc2c(ccc3ccccc23)C1c1cccc(Cl)c1. The summed E-state index contributed by atoms with van der Waals surface area (Å²) in [5.74, 6) is -0.299. The van der Waals surface area contributed by atoms with Crippen LogP contribution >= 0.6 is 11.6 Å². The Morgan fingerprint density at radius 3 is 2.67 bits per heavy atom. The van der Waals surface area contributed by atoms with Crippen molar-refractivity contribution in [2.45, 2.75) is 5.92 Å². The Morgan fingerprint density at radius 2 is 1.88 bits per heavy atom. The Labute approximate surface area is 144 Å². The van der Waals surface area contributed by atoms with Crippen molar-refractivity contribution in [1.29, 1.82) is 10.7 Å². The number of nitrogens with zero attached hydrogens (tertiary/aromatic N) is 1. The van der Waals surface area contributed by atoms with Crippen LogP contribution in [0.3, 0.4) is 0 Å². The Hall–Kier alpha value is -2.83. The Balaban J connectivity index is 2.00. The second-order valence-electron chi connectivity index (χ2n) is 5.81. The van der Waals surface area contributed by atoms with Gasteiger partial charge in [-0.25, -0.2) is 0 Å². The van der Waals surface area contributed by atoms with Gasteiger partial charge in [-0.2, -0.15) is 5.26 Å². The molecule has 4 rings (SSSR count). The van der Waals surface area contributed by atoms with Crippen LogP contribution in [0.15, 0.2) is 60.7 Å². The smallest absolute Gasteiger partial charge is 0.205 e. The molecule has 1 N–H and O–H groups in total. The first-order valence-corrected chi connectivity index (χ1v) is 8.00. The lowest BCUT2D eigenvalue weighted by molar-refractivity contribution is 0.455. The maximum Gasteiger partial charge on any atom is 0.205 e. The summed E-state index contributed by atoms with van der Waals surface area (Å²) >= 11 is 6.15. The van der Waals surface area contributed by atoms with Crippen LogP contribution in [0.5, 0.6) is 5.75 Å². The van der Waals surface area contributed by atoms with Crippen molar-refractivity contribution in [3.8, 4) is 11.8 Å². The highest BCUT2D eigenvalue weighted by molar-refractivity contribution is 6.30. The molecule has 4 heteroatoms. The van der Waals surface area contributed by atoms with Crippen molar-refractivity contribution >= 4 is 28.3 Å². The Morgan fingerprint density at radius 1 is 1.04 bits per heavy atom. The molecular formula is C20H13ClN2O. The van der Waals surface area contributed by atoms with Crippen molar-refractivity contribution in [2.24, 2.45) is 5.92 Å². The number of nitrogens with one attached hydrogen (secondary N) is 1. The van der Waals surface area contributed by atoms with Crippen LogP contribution < -0.4 is 4.74 Å². The fourth-order valence-corrected chi connectivity index (χ4v) is 3.53. The topological polar surface area (TPSA) is 56.9 Å². The van der Waals surface area contributed by atoms with Crippen molar-refractivity contribution < 1.29 is 4.74 Å². The Kier molecular flexibility index (Phi) is 3.48.